The van der Waals surface area contributed by atoms with Crippen molar-refractivity contribution in [1.82, 2.24) is 0 Å². The Morgan fingerprint density at radius 3 is 2.00 bits per heavy atom. The highest BCUT2D eigenvalue weighted by Crippen LogP contribution is 2.17. The Bertz CT molecular complexity index is 277. The third kappa shape index (κ3) is 2.56. The maximum Gasteiger partial charge on any atom is 0.00511 e. The van der Waals surface area contributed by atoms with Crippen molar-refractivity contribution in [2.24, 2.45) is 5.73 Å². The molecule has 0 fully saturated rings. The minimum atomic E-state index is 0.250. The predicted octanol–water partition coefficient (Wildman–Crippen LogP) is 2.50. The van der Waals surface area contributed by atoms with Crippen molar-refractivity contribution in [2.75, 3.05) is 0 Å². The Hall–Kier alpha value is -0.820. The van der Waals surface area contributed by atoms with Gasteiger partial charge < -0.3 is 5.73 Å². The minimum Gasteiger partial charge on any atom is -0.328 e. The van der Waals surface area contributed by atoms with E-state index in [4.69, 9.17) is 5.73 Å². The molecule has 0 aliphatic heterocycles. The Morgan fingerprint density at radius 1 is 1.15 bits per heavy atom. The Morgan fingerprint density at radius 2 is 1.62 bits per heavy atom. The number of nitrogens with two attached hydrogens (primary N) is 1. The fraction of sp³-hybridized carbons (Fsp3) is 0.500. The zero-order chi connectivity index (χ0) is 10.0. The van der Waals surface area contributed by atoms with Crippen LogP contribution in [-0.2, 0) is 6.42 Å². The third-order valence-electron chi connectivity index (χ3n) is 2.37. The van der Waals surface area contributed by atoms with Crippen molar-refractivity contribution in [3.63, 3.8) is 0 Å². The van der Waals surface area contributed by atoms with E-state index in [1.54, 1.807) is 0 Å². The lowest BCUT2D eigenvalue weighted by atomic mass is 9.95. The zero-order valence-electron chi connectivity index (χ0n) is 9.02. The monoisotopic (exact) mass is 177 g/mol. The summed E-state index contributed by atoms with van der Waals surface area (Å²) >= 11 is 0. The van der Waals surface area contributed by atoms with E-state index in [0.29, 0.717) is 0 Å². The van der Waals surface area contributed by atoms with E-state index in [1.807, 2.05) is 0 Å². The van der Waals surface area contributed by atoms with Crippen molar-refractivity contribution >= 4 is 0 Å². The molecule has 0 spiro atoms. The van der Waals surface area contributed by atoms with E-state index in [2.05, 4.69) is 39.8 Å². The zero-order valence-corrected chi connectivity index (χ0v) is 9.02. The number of benzene rings is 1. The van der Waals surface area contributed by atoms with E-state index < -0.39 is 0 Å². The SMILES string of the molecule is Cc1cc(C)c(C[C@H](C)N)c(C)c1. The summed E-state index contributed by atoms with van der Waals surface area (Å²) in [6.07, 6.45) is 0.984. The van der Waals surface area contributed by atoms with Crippen LogP contribution in [0.4, 0.5) is 0 Å². The lowest BCUT2D eigenvalue weighted by Crippen LogP contribution is -2.19. The van der Waals surface area contributed by atoms with Gasteiger partial charge >= 0.3 is 0 Å². The van der Waals surface area contributed by atoms with Crippen molar-refractivity contribution in [3.8, 4) is 0 Å². The Labute approximate surface area is 81.0 Å². The maximum atomic E-state index is 5.80. The molecule has 1 atom stereocenters. The molecule has 1 heteroatoms. The van der Waals surface area contributed by atoms with Crippen LogP contribution in [0.25, 0.3) is 0 Å². The van der Waals surface area contributed by atoms with Crippen LogP contribution in [0.15, 0.2) is 12.1 Å². The first-order chi connectivity index (χ1) is 6.00. The lowest BCUT2D eigenvalue weighted by Gasteiger charge is -2.13. The quantitative estimate of drug-likeness (QED) is 0.738. The van der Waals surface area contributed by atoms with Crippen LogP contribution in [0.3, 0.4) is 0 Å². The highest BCUT2D eigenvalue weighted by molar-refractivity contribution is 5.37. The van der Waals surface area contributed by atoms with Crippen molar-refractivity contribution < 1.29 is 0 Å². The molecular weight excluding hydrogens is 158 g/mol. The first kappa shape index (κ1) is 10.3. The largest absolute Gasteiger partial charge is 0.328 e. The van der Waals surface area contributed by atoms with E-state index in [-0.39, 0.29) is 6.04 Å². The van der Waals surface area contributed by atoms with Crippen LogP contribution in [-0.4, -0.2) is 6.04 Å². The topological polar surface area (TPSA) is 26.0 Å². The van der Waals surface area contributed by atoms with Crippen molar-refractivity contribution in [1.29, 1.82) is 0 Å². The van der Waals surface area contributed by atoms with E-state index in [9.17, 15) is 0 Å². The number of hydrogen-bond donors (Lipinski definition) is 1. The van der Waals surface area contributed by atoms with Gasteiger partial charge in [-0.25, -0.2) is 0 Å². The van der Waals surface area contributed by atoms with Crippen LogP contribution in [0, 0.1) is 20.8 Å². The van der Waals surface area contributed by atoms with Gasteiger partial charge in [-0.1, -0.05) is 17.7 Å². The Balaban J connectivity index is 3.06. The molecule has 0 heterocycles. The molecule has 0 aromatic heterocycles. The average molecular weight is 177 g/mol. The molecule has 0 bridgehead atoms. The molecule has 0 saturated carbocycles. The molecule has 0 aliphatic carbocycles. The normalized spacial score (nSPS) is 13.0. The van der Waals surface area contributed by atoms with Crippen LogP contribution < -0.4 is 5.73 Å². The predicted molar refractivity (Wildman–Crippen MR) is 58.0 cm³/mol. The summed E-state index contributed by atoms with van der Waals surface area (Å²) in [5, 5.41) is 0. The van der Waals surface area contributed by atoms with E-state index >= 15 is 0 Å². The molecule has 13 heavy (non-hydrogen) atoms. The molecule has 0 radical (unpaired) electrons. The second-order valence-electron chi connectivity index (χ2n) is 4.06. The van der Waals surface area contributed by atoms with Gasteiger partial charge in [0.2, 0.25) is 0 Å². The molecule has 0 saturated heterocycles. The summed E-state index contributed by atoms with van der Waals surface area (Å²) in [7, 11) is 0. The first-order valence-electron chi connectivity index (χ1n) is 4.83. The fourth-order valence-electron chi connectivity index (χ4n) is 1.85. The standard InChI is InChI=1S/C12H19N/c1-8-5-9(2)12(7-11(4)13)10(3)6-8/h5-6,11H,7,13H2,1-4H3/t11-/m0/s1. The van der Waals surface area contributed by atoms with E-state index in [0.717, 1.165) is 6.42 Å². The van der Waals surface area contributed by atoms with Gasteiger partial charge in [-0.05, 0) is 50.8 Å². The van der Waals surface area contributed by atoms with Crippen molar-refractivity contribution in [2.45, 2.75) is 40.2 Å². The van der Waals surface area contributed by atoms with Crippen LogP contribution in [0.5, 0.6) is 0 Å². The molecule has 1 rings (SSSR count). The molecule has 2 N–H and O–H groups in total. The van der Waals surface area contributed by atoms with Gasteiger partial charge in [-0.3, -0.25) is 0 Å². The van der Waals surface area contributed by atoms with Gasteiger partial charge in [0.15, 0.2) is 0 Å². The van der Waals surface area contributed by atoms with Crippen molar-refractivity contribution in [3.05, 3.63) is 34.4 Å². The smallest absolute Gasteiger partial charge is 0.00511 e. The summed E-state index contributed by atoms with van der Waals surface area (Å²) in [6.45, 7) is 8.52. The van der Waals surface area contributed by atoms with Gasteiger partial charge in [0, 0.05) is 6.04 Å². The summed E-state index contributed by atoms with van der Waals surface area (Å²) < 4.78 is 0. The summed E-state index contributed by atoms with van der Waals surface area (Å²) in [6, 6.07) is 4.70. The minimum absolute atomic E-state index is 0.250. The average Bonchev–Trinajstić information content (AvgIpc) is 1.96. The maximum absolute atomic E-state index is 5.80. The summed E-state index contributed by atoms with van der Waals surface area (Å²) in [5.41, 5.74) is 11.3. The summed E-state index contributed by atoms with van der Waals surface area (Å²) in [5.74, 6) is 0. The second-order valence-corrected chi connectivity index (χ2v) is 4.06. The van der Waals surface area contributed by atoms with Crippen LogP contribution in [0.1, 0.15) is 29.2 Å². The molecule has 1 nitrogen and oxygen atoms in total. The van der Waals surface area contributed by atoms with Gasteiger partial charge in [0.25, 0.3) is 0 Å². The van der Waals surface area contributed by atoms with Crippen LogP contribution >= 0.6 is 0 Å². The number of hydrogen-bond acceptors (Lipinski definition) is 1. The number of aryl methyl sites for hydroxylation is 3. The molecule has 1 aromatic carbocycles. The molecular formula is C12H19N. The Kier molecular flexibility index (Phi) is 3.10. The van der Waals surface area contributed by atoms with Gasteiger partial charge in [0.05, 0.1) is 0 Å². The highest BCUT2D eigenvalue weighted by atomic mass is 14.6. The molecule has 0 aliphatic rings. The molecule has 0 unspecified atom stereocenters. The van der Waals surface area contributed by atoms with Gasteiger partial charge in [-0.2, -0.15) is 0 Å². The van der Waals surface area contributed by atoms with Crippen LogP contribution in [0.2, 0.25) is 0 Å². The van der Waals surface area contributed by atoms with Gasteiger partial charge in [0.1, 0.15) is 0 Å². The number of rotatable bonds is 2. The molecule has 0 amide bonds. The first-order valence-corrected chi connectivity index (χ1v) is 4.83. The fourth-order valence-corrected chi connectivity index (χ4v) is 1.85. The highest BCUT2D eigenvalue weighted by Gasteiger charge is 2.05. The van der Waals surface area contributed by atoms with Gasteiger partial charge in [-0.15, -0.1) is 0 Å². The molecule has 1 aromatic rings. The lowest BCUT2D eigenvalue weighted by molar-refractivity contribution is 0.731. The third-order valence-corrected chi connectivity index (χ3v) is 2.37. The van der Waals surface area contributed by atoms with E-state index in [1.165, 1.54) is 22.3 Å². The second kappa shape index (κ2) is 3.93. The summed E-state index contributed by atoms with van der Waals surface area (Å²) in [4.78, 5) is 0. The molecule has 72 valence electrons.